The predicted molar refractivity (Wildman–Crippen MR) is 58.0 cm³/mol. The Hall–Kier alpha value is -0.890. The van der Waals surface area contributed by atoms with Gasteiger partial charge in [-0.05, 0) is 55.3 Å². The smallest absolute Gasteiger partial charge is 0.123 e. The molecule has 1 saturated heterocycles. The molecule has 2 fully saturated rings. The van der Waals surface area contributed by atoms with Crippen molar-refractivity contribution < 1.29 is 4.39 Å². The first kappa shape index (κ1) is 9.34. The Bertz CT molecular complexity index is 353. The molecule has 2 aliphatic rings. The van der Waals surface area contributed by atoms with Crippen molar-refractivity contribution in [3.63, 3.8) is 0 Å². The molecule has 1 nitrogen and oxygen atoms in total. The molecular weight excluding hydrogens is 189 g/mol. The van der Waals surface area contributed by atoms with E-state index >= 15 is 0 Å². The summed E-state index contributed by atoms with van der Waals surface area (Å²) in [5.74, 6) is -0.143. The fourth-order valence-corrected chi connectivity index (χ4v) is 2.68. The van der Waals surface area contributed by atoms with Crippen LogP contribution in [0.1, 0.15) is 37.3 Å². The highest BCUT2D eigenvalue weighted by atomic mass is 19.1. The van der Waals surface area contributed by atoms with Gasteiger partial charge < -0.3 is 5.32 Å². The van der Waals surface area contributed by atoms with Gasteiger partial charge in [0.25, 0.3) is 0 Å². The van der Waals surface area contributed by atoms with E-state index in [0.717, 1.165) is 6.54 Å². The number of halogens is 1. The van der Waals surface area contributed by atoms with Crippen LogP contribution in [-0.2, 0) is 0 Å². The highest BCUT2D eigenvalue weighted by Crippen LogP contribution is 2.55. The average molecular weight is 205 g/mol. The topological polar surface area (TPSA) is 12.0 Å². The lowest BCUT2D eigenvalue weighted by Crippen LogP contribution is -2.32. The summed E-state index contributed by atoms with van der Waals surface area (Å²) < 4.78 is 12.8. The van der Waals surface area contributed by atoms with Gasteiger partial charge in [0.05, 0.1) is 0 Å². The third-order valence-electron chi connectivity index (χ3n) is 3.91. The van der Waals surface area contributed by atoms with Crippen molar-refractivity contribution in [3.05, 3.63) is 35.6 Å². The molecule has 1 saturated carbocycles. The first-order valence-corrected chi connectivity index (χ1v) is 5.76. The average Bonchev–Trinajstić information content (AvgIpc) is 2.99. The Kier molecular flexibility index (Phi) is 2.06. The van der Waals surface area contributed by atoms with E-state index in [1.54, 1.807) is 12.1 Å². The standard InChI is InChI=1S/C13H16FN/c14-11-3-1-10(2-4-11)12-9-13(5-6-13)7-8-15-12/h1-4,12,15H,5-9H2. The quantitative estimate of drug-likeness (QED) is 0.743. The van der Waals surface area contributed by atoms with E-state index in [1.165, 1.54) is 31.2 Å². The molecule has 1 unspecified atom stereocenters. The van der Waals surface area contributed by atoms with Gasteiger partial charge in [0.15, 0.2) is 0 Å². The normalized spacial score (nSPS) is 27.9. The Balaban J connectivity index is 1.78. The van der Waals surface area contributed by atoms with Crippen LogP contribution >= 0.6 is 0 Å². The number of hydrogen-bond donors (Lipinski definition) is 1. The van der Waals surface area contributed by atoms with Crippen LogP contribution in [0.3, 0.4) is 0 Å². The minimum Gasteiger partial charge on any atom is -0.310 e. The van der Waals surface area contributed by atoms with Crippen LogP contribution in [0.4, 0.5) is 4.39 Å². The Morgan fingerprint density at radius 2 is 1.87 bits per heavy atom. The summed E-state index contributed by atoms with van der Waals surface area (Å²) in [6.45, 7) is 1.11. The molecule has 80 valence electrons. The van der Waals surface area contributed by atoms with Gasteiger partial charge in [0.2, 0.25) is 0 Å². The Morgan fingerprint density at radius 1 is 1.13 bits per heavy atom. The van der Waals surface area contributed by atoms with Gasteiger partial charge >= 0.3 is 0 Å². The maximum Gasteiger partial charge on any atom is 0.123 e. The lowest BCUT2D eigenvalue weighted by Gasteiger charge is -2.30. The predicted octanol–water partition coefficient (Wildman–Crippen LogP) is 3.03. The zero-order chi connectivity index (χ0) is 10.3. The first-order valence-electron chi connectivity index (χ1n) is 5.76. The highest BCUT2D eigenvalue weighted by molar-refractivity contribution is 5.21. The maximum atomic E-state index is 12.8. The molecule has 1 aromatic rings. The molecule has 1 aliphatic carbocycles. The fraction of sp³-hybridized carbons (Fsp3) is 0.538. The molecule has 1 N–H and O–H groups in total. The summed E-state index contributed by atoms with van der Waals surface area (Å²) in [5, 5.41) is 3.53. The van der Waals surface area contributed by atoms with Gasteiger partial charge in [-0.2, -0.15) is 0 Å². The van der Waals surface area contributed by atoms with Crippen LogP contribution < -0.4 is 5.32 Å². The minimum atomic E-state index is -0.143. The number of piperidine rings is 1. The molecule has 0 radical (unpaired) electrons. The van der Waals surface area contributed by atoms with E-state index in [9.17, 15) is 4.39 Å². The molecule has 1 atom stereocenters. The molecule has 15 heavy (non-hydrogen) atoms. The van der Waals surface area contributed by atoms with Crippen molar-refractivity contribution in [1.82, 2.24) is 5.32 Å². The van der Waals surface area contributed by atoms with Crippen LogP contribution in [0.2, 0.25) is 0 Å². The van der Waals surface area contributed by atoms with Crippen molar-refractivity contribution in [3.8, 4) is 0 Å². The van der Waals surface area contributed by atoms with Crippen LogP contribution in [0.25, 0.3) is 0 Å². The van der Waals surface area contributed by atoms with E-state index in [0.29, 0.717) is 11.5 Å². The van der Waals surface area contributed by atoms with Crippen LogP contribution in [0.5, 0.6) is 0 Å². The molecule has 1 aliphatic heterocycles. The molecule has 1 aromatic carbocycles. The maximum absolute atomic E-state index is 12.8. The zero-order valence-electron chi connectivity index (χ0n) is 8.80. The van der Waals surface area contributed by atoms with Crippen LogP contribution in [0.15, 0.2) is 24.3 Å². The molecule has 1 heterocycles. The van der Waals surface area contributed by atoms with Crippen molar-refractivity contribution in [1.29, 1.82) is 0 Å². The number of hydrogen-bond acceptors (Lipinski definition) is 1. The first-order chi connectivity index (χ1) is 7.27. The molecule has 0 amide bonds. The van der Waals surface area contributed by atoms with E-state index in [1.807, 2.05) is 12.1 Å². The molecular formula is C13H16FN. The lowest BCUT2D eigenvalue weighted by atomic mass is 9.86. The van der Waals surface area contributed by atoms with Crippen molar-refractivity contribution in [2.75, 3.05) is 6.54 Å². The van der Waals surface area contributed by atoms with E-state index in [4.69, 9.17) is 0 Å². The molecule has 3 rings (SSSR count). The lowest BCUT2D eigenvalue weighted by molar-refractivity contribution is 0.286. The second-order valence-corrected chi connectivity index (χ2v) is 5.01. The summed E-state index contributed by atoms with van der Waals surface area (Å²) in [6, 6.07) is 7.39. The van der Waals surface area contributed by atoms with Crippen LogP contribution in [-0.4, -0.2) is 6.54 Å². The van der Waals surface area contributed by atoms with Gasteiger partial charge in [-0.15, -0.1) is 0 Å². The van der Waals surface area contributed by atoms with Gasteiger partial charge in [-0.25, -0.2) is 4.39 Å². The third kappa shape index (κ3) is 1.78. The largest absolute Gasteiger partial charge is 0.310 e. The van der Waals surface area contributed by atoms with Crippen LogP contribution in [0, 0.1) is 11.2 Å². The number of rotatable bonds is 1. The summed E-state index contributed by atoms with van der Waals surface area (Å²) >= 11 is 0. The van der Waals surface area contributed by atoms with Crippen molar-refractivity contribution in [2.24, 2.45) is 5.41 Å². The van der Waals surface area contributed by atoms with Gasteiger partial charge in [-0.1, -0.05) is 12.1 Å². The van der Waals surface area contributed by atoms with Gasteiger partial charge in [0, 0.05) is 6.04 Å². The molecule has 0 bridgehead atoms. The Labute approximate surface area is 89.7 Å². The van der Waals surface area contributed by atoms with Crippen molar-refractivity contribution >= 4 is 0 Å². The van der Waals surface area contributed by atoms with E-state index in [2.05, 4.69) is 5.32 Å². The summed E-state index contributed by atoms with van der Waals surface area (Å²) in [6.07, 6.45) is 5.35. The zero-order valence-corrected chi connectivity index (χ0v) is 8.80. The molecule has 1 spiro atoms. The minimum absolute atomic E-state index is 0.143. The summed E-state index contributed by atoms with van der Waals surface area (Å²) in [4.78, 5) is 0. The SMILES string of the molecule is Fc1ccc(C2CC3(CCN2)CC3)cc1. The molecule has 2 heteroatoms. The van der Waals surface area contributed by atoms with E-state index in [-0.39, 0.29) is 5.82 Å². The van der Waals surface area contributed by atoms with Crippen molar-refractivity contribution in [2.45, 2.75) is 31.7 Å². The Morgan fingerprint density at radius 3 is 2.53 bits per heavy atom. The highest BCUT2D eigenvalue weighted by Gasteiger charge is 2.45. The monoisotopic (exact) mass is 205 g/mol. The molecule has 0 aromatic heterocycles. The number of benzene rings is 1. The van der Waals surface area contributed by atoms with E-state index < -0.39 is 0 Å². The summed E-state index contributed by atoms with van der Waals surface area (Å²) in [7, 11) is 0. The third-order valence-corrected chi connectivity index (χ3v) is 3.91. The summed E-state index contributed by atoms with van der Waals surface area (Å²) in [5.41, 5.74) is 1.88. The fourth-order valence-electron chi connectivity index (χ4n) is 2.68. The van der Waals surface area contributed by atoms with Gasteiger partial charge in [-0.3, -0.25) is 0 Å². The van der Waals surface area contributed by atoms with Gasteiger partial charge in [0.1, 0.15) is 5.82 Å². The number of nitrogens with one attached hydrogen (secondary N) is 1. The second kappa shape index (κ2) is 3.31. The second-order valence-electron chi connectivity index (χ2n) is 5.01.